The number of amides is 2. The van der Waals surface area contributed by atoms with Gasteiger partial charge in [-0.1, -0.05) is 12.8 Å². The average Bonchev–Trinajstić information content (AvgIpc) is 2.92. The van der Waals surface area contributed by atoms with Crippen LogP contribution in [0.5, 0.6) is 0 Å². The summed E-state index contributed by atoms with van der Waals surface area (Å²) in [6.45, 7) is 2.49. The van der Waals surface area contributed by atoms with Gasteiger partial charge in [-0.15, -0.1) is 0 Å². The van der Waals surface area contributed by atoms with E-state index in [4.69, 9.17) is 0 Å². The Kier molecular flexibility index (Phi) is 5.16. The molecule has 2 amide bonds. The quantitative estimate of drug-likeness (QED) is 0.867. The van der Waals surface area contributed by atoms with Crippen molar-refractivity contribution in [3.8, 4) is 0 Å². The second-order valence-corrected chi connectivity index (χ2v) is 5.34. The van der Waals surface area contributed by atoms with Crippen LogP contribution in [0, 0.1) is 5.92 Å². The molecule has 0 aromatic heterocycles. The fourth-order valence-electron chi connectivity index (χ4n) is 2.66. The second-order valence-electron chi connectivity index (χ2n) is 5.34. The lowest BCUT2D eigenvalue weighted by atomic mass is 10.0. The van der Waals surface area contributed by atoms with Crippen LogP contribution < -0.4 is 10.6 Å². The first-order chi connectivity index (χ1) is 9.69. The SMILES string of the molecule is CCNC(=O)c1ccc(NC(=O)CC2CCCC2)cc1. The molecule has 4 heteroatoms. The molecule has 0 unspecified atom stereocenters. The Morgan fingerprint density at radius 1 is 1.15 bits per heavy atom. The van der Waals surface area contributed by atoms with Crippen LogP contribution in [0.15, 0.2) is 24.3 Å². The first-order valence-electron chi connectivity index (χ1n) is 7.37. The summed E-state index contributed by atoms with van der Waals surface area (Å²) in [5.74, 6) is 0.531. The van der Waals surface area contributed by atoms with Gasteiger partial charge in [0.1, 0.15) is 0 Å². The number of benzene rings is 1. The Morgan fingerprint density at radius 3 is 2.40 bits per heavy atom. The Hall–Kier alpha value is -1.84. The predicted molar refractivity (Wildman–Crippen MR) is 79.7 cm³/mol. The molecule has 1 saturated carbocycles. The minimum absolute atomic E-state index is 0.0719. The van der Waals surface area contributed by atoms with Crippen molar-refractivity contribution in [3.05, 3.63) is 29.8 Å². The highest BCUT2D eigenvalue weighted by Gasteiger charge is 2.18. The van der Waals surface area contributed by atoms with Crippen LogP contribution in [0.2, 0.25) is 0 Å². The lowest BCUT2D eigenvalue weighted by molar-refractivity contribution is -0.117. The van der Waals surface area contributed by atoms with Crippen LogP contribution >= 0.6 is 0 Å². The third kappa shape index (κ3) is 4.08. The number of nitrogens with one attached hydrogen (secondary N) is 2. The summed E-state index contributed by atoms with van der Waals surface area (Å²) >= 11 is 0. The van der Waals surface area contributed by atoms with Crippen molar-refractivity contribution in [3.63, 3.8) is 0 Å². The van der Waals surface area contributed by atoms with Gasteiger partial charge in [0.05, 0.1) is 0 Å². The van der Waals surface area contributed by atoms with Gasteiger partial charge < -0.3 is 10.6 Å². The molecule has 2 N–H and O–H groups in total. The van der Waals surface area contributed by atoms with Crippen LogP contribution in [-0.4, -0.2) is 18.4 Å². The highest BCUT2D eigenvalue weighted by molar-refractivity contribution is 5.95. The van der Waals surface area contributed by atoms with E-state index in [9.17, 15) is 9.59 Å². The van der Waals surface area contributed by atoms with Gasteiger partial charge in [0, 0.05) is 24.2 Å². The van der Waals surface area contributed by atoms with Gasteiger partial charge in [0.25, 0.3) is 5.91 Å². The Labute approximate surface area is 119 Å². The molecule has 1 aliphatic rings. The van der Waals surface area contributed by atoms with Gasteiger partial charge in [-0.05, 0) is 49.9 Å². The molecule has 0 spiro atoms. The molecule has 1 aromatic carbocycles. The molecule has 0 atom stereocenters. The van der Waals surface area contributed by atoms with Crippen LogP contribution in [0.3, 0.4) is 0 Å². The highest BCUT2D eigenvalue weighted by Crippen LogP contribution is 2.27. The van der Waals surface area contributed by atoms with Gasteiger partial charge in [-0.3, -0.25) is 9.59 Å². The van der Waals surface area contributed by atoms with E-state index in [1.54, 1.807) is 24.3 Å². The summed E-state index contributed by atoms with van der Waals surface area (Å²) in [6, 6.07) is 7.01. The summed E-state index contributed by atoms with van der Waals surface area (Å²) < 4.78 is 0. The van der Waals surface area contributed by atoms with Crippen LogP contribution in [0.25, 0.3) is 0 Å². The summed E-state index contributed by atoms with van der Waals surface area (Å²) in [6.07, 6.45) is 5.45. The van der Waals surface area contributed by atoms with E-state index in [-0.39, 0.29) is 11.8 Å². The molecule has 20 heavy (non-hydrogen) atoms. The fourth-order valence-corrected chi connectivity index (χ4v) is 2.66. The second kappa shape index (κ2) is 7.08. The van der Waals surface area contributed by atoms with Crippen molar-refractivity contribution in [1.29, 1.82) is 0 Å². The van der Waals surface area contributed by atoms with Crippen molar-refractivity contribution in [2.24, 2.45) is 5.92 Å². The van der Waals surface area contributed by atoms with E-state index in [0.717, 1.165) is 5.69 Å². The summed E-state index contributed by atoms with van der Waals surface area (Å²) in [4.78, 5) is 23.5. The molecular formula is C16H22N2O2. The normalized spacial score (nSPS) is 15.1. The standard InChI is InChI=1S/C16H22N2O2/c1-2-17-16(20)13-7-9-14(10-8-13)18-15(19)11-12-5-3-4-6-12/h7-10,12H,2-6,11H2,1H3,(H,17,20)(H,18,19). The molecular weight excluding hydrogens is 252 g/mol. The summed E-state index contributed by atoms with van der Waals surface area (Å²) in [5.41, 5.74) is 1.36. The molecule has 108 valence electrons. The number of hydrogen-bond donors (Lipinski definition) is 2. The van der Waals surface area contributed by atoms with E-state index in [2.05, 4.69) is 10.6 Å². The third-order valence-electron chi connectivity index (χ3n) is 3.72. The summed E-state index contributed by atoms with van der Waals surface area (Å²) in [7, 11) is 0. The largest absolute Gasteiger partial charge is 0.352 e. The Balaban J connectivity index is 1.86. The van der Waals surface area contributed by atoms with Gasteiger partial charge in [-0.25, -0.2) is 0 Å². The molecule has 4 nitrogen and oxygen atoms in total. The van der Waals surface area contributed by atoms with Crippen molar-refractivity contribution < 1.29 is 9.59 Å². The Bertz CT molecular complexity index is 462. The van der Waals surface area contributed by atoms with E-state index in [1.165, 1.54) is 25.7 Å². The zero-order valence-corrected chi connectivity index (χ0v) is 11.9. The van der Waals surface area contributed by atoms with Gasteiger partial charge in [0.15, 0.2) is 0 Å². The zero-order chi connectivity index (χ0) is 14.4. The van der Waals surface area contributed by atoms with Crippen LogP contribution in [0.1, 0.15) is 49.4 Å². The zero-order valence-electron chi connectivity index (χ0n) is 11.9. The third-order valence-corrected chi connectivity index (χ3v) is 3.72. The van der Waals surface area contributed by atoms with Gasteiger partial charge >= 0.3 is 0 Å². The van der Waals surface area contributed by atoms with E-state index < -0.39 is 0 Å². The van der Waals surface area contributed by atoms with E-state index in [0.29, 0.717) is 24.4 Å². The van der Waals surface area contributed by atoms with Crippen molar-refractivity contribution in [2.45, 2.75) is 39.0 Å². The molecule has 1 aromatic rings. The molecule has 1 fully saturated rings. The molecule has 0 bridgehead atoms. The molecule has 0 radical (unpaired) electrons. The maximum Gasteiger partial charge on any atom is 0.251 e. The first kappa shape index (κ1) is 14.6. The highest BCUT2D eigenvalue weighted by atomic mass is 16.2. The number of carbonyl (C=O) groups is 2. The lowest BCUT2D eigenvalue weighted by Crippen LogP contribution is -2.22. The minimum Gasteiger partial charge on any atom is -0.352 e. The number of rotatable bonds is 5. The smallest absolute Gasteiger partial charge is 0.251 e. The van der Waals surface area contributed by atoms with Gasteiger partial charge in [-0.2, -0.15) is 0 Å². The van der Waals surface area contributed by atoms with Crippen molar-refractivity contribution in [2.75, 3.05) is 11.9 Å². The molecule has 1 aliphatic carbocycles. The predicted octanol–water partition coefficient (Wildman–Crippen LogP) is 2.96. The fraction of sp³-hybridized carbons (Fsp3) is 0.500. The number of anilines is 1. The topological polar surface area (TPSA) is 58.2 Å². The van der Waals surface area contributed by atoms with E-state index >= 15 is 0 Å². The number of carbonyl (C=O) groups excluding carboxylic acids is 2. The monoisotopic (exact) mass is 274 g/mol. The number of hydrogen-bond acceptors (Lipinski definition) is 2. The lowest BCUT2D eigenvalue weighted by Gasteiger charge is -2.10. The maximum absolute atomic E-state index is 11.9. The summed E-state index contributed by atoms with van der Waals surface area (Å²) in [5, 5.41) is 5.64. The average molecular weight is 274 g/mol. The van der Waals surface area contributed by atoms with Crippen molar-refractivity contribution >= 4 is 17.5 Å². The minimum atomic E-state index is -0.0867. The van der Waals surface area contributed by atoms with Gasteiger partial charge in [0.2, 0.25) is 5.91 Å². The first-order valence-corrected chi connectivity index (χ1v) is 7.37. The molecule has 0 heterocycles. The molecule has 0 saturated heterocycles. The van der Waals surface area contributed by atoms with Crippen molar-refractivity contribution in [1.82, 2.24) is 5.32 Å². The Morgan fingerprint density at radius 2 is 1.80 bits per heavy atom. The van der Waals surface area contributed by atoms with Crippen LogP contribution in [0.4, 0.5) is 5.69 Å². The maximum atomic E-state index is 11.9. The van der Waals surface area contributed by atoms with Crippen LogP contribution in [-0.2, 0) is 4.79 Å². The molecule has 0 aliphatic heterocycles. The van der Waals surface area contributed by atoms with E-state index in [1.807, 2.05) is 6.92 Å². The molecule has 2 rings (SSSR count).